The van der Waals surface area contributed by atoms with Gasteiger partial charge >= 0.3 is 9.08 Å². The number of alkyl halides is 2. The van der Waals surface area contributed by atoms with Crippen LogP contribution in [0.25, 0.3) is 0 Å². The van der Waals surface area contributed by atoms with Crippen LogP contribution in [0.15, 0.2) is 0 Å². The zero-order valence-electron chi connectivity index (χ0n) is 7.92. The van der Waals surface area contributed by atoms with Crippen molar-refractivity contribution in [3.8, 4) is 0 Å². The number of rotatable bonds is 8. The second-order valence-electron chi connectivity index (χ2n) is 3.31. The predicted molar refractivity (Wildman–Crippen MR) is 51.9 cm³/mol. The van der Waals surface area contributed by atoms with E-state index in [1.807, 2.05) is 0 Å². The van der Waals surface area contributed by atoms with Crippen LogP contribution in [0.5, 0.6) is 0 Å². The van der Waals surface area contributed by atoms with Gasteiger partial charge in [-0.2, -0.15) is 0 Å². The van der Waals surface area contributed by atoms with Gasteiger partial charge < -0.3 is 0 Å². The zero-order valence-corrected chi connectivity index (χ0v) is 10.3. The molecule has 0 saturated carbocycles. The number of hydrogen-bond acceptors (Lipinski definition) is 0. The molecule has 0 N–H and O–H groups in total. The largest absolute Gasteiger partial charge is 0.616 e. The molecule has 86 valence electrons. The molecular formula is C7H15F5Si2. The minimum Gasteiger partial charge on any atom is -0.238 e. The smallest absolute Gasteiger partial charge is 0.238 e. The zero-order chi connectivity index (χ0) is 11.0. The standard InChI is InChI=1S/C7H15F5Si2/c8-7(9)3-5-13-4-1-2-6-14(10,11)12/h7H,1-6,13H2. The van der Waals surface area contributed by atoms with Gasteiger partial charge in [-0.25, -0.2) is 21.1 Å². The van der Waals surface area contributed by atoms with Crippen molar-refractivity contribution in [1.82, 2.24) is 0 Å². The van der Waals surface area contributed by atoms with Crippen LogP contribution < -0.4 is 0 Å². The lowest BCUT2D eigenvalue weighted by atomic mass is 10.4. The van der Waals surface area contributed by atoms with E-state index < -0.39 is 31.1 Å². The molecule has 0 saturated heterocycles. The van der Waals surface area contributed by atoms with Gasteiger partial charge in [0.15, 0.2) is 0 Å². The molecule has 0 amide bonds. The van der Waals surface area contributed by atoms with Crippen molar-refractivity contribution in [2.75, 3.05) is 0 Å². The molecule has 0 aliphatic rings. The van der Waals surface area contributed by atoms with E-state index in [-0.39, 0.29) is 12.8 Å². The summed E-state index contributed by atoms with van der Waals surface area (Å²) in [6.45, 7) is 0. The molecule has 0 spiro atoms. The first kappa shape index (κ1) is 14.1. The van der Waals surface area contributed by atoms with E-state index in [1.54, 1.807) is 0 Å². The van der Waals surface area contributed by atoms with Crippen LogP contribution in [0.1, 0.15) is 19.3 Å². The number of hydrogen-bond donors (Lipinski definition) is 0. The third kappa shape index (κ3) is 12.1. The highest BCUT2D eigenvalue weighted by molar-refractivity contribution is 6.58. The van der Waals surface area contributed by atoms with E-state index in [1.165, 1.54) is 0 Å². The fourth-order valence-corrected chi connectivity index (χ4v) is 3.46. The number of unbranched alkanes of at least 4 members (excludes halogenated alkanes) is 1. The van der Waals surface area contributed by atoms with Gasteiger partial charge in [0.2, 0.25) is 6.43 Å². The van der Waals surface area contributed by atoms with Crippen molar-refractivity contribution in [2.45, 2.75) is 43.8 Å². The second-order valence-corrected chi connectivity index (χ2v) is 7.16. The molecule has 0 atom stereocenters. The van der Waals surface area contributed by atoms with E-state index in [9.17, 15) is 21.1 Å². The molecule has 0 rings (SSSR count). The van der Waals surface area contributed by atoms with Crippen LogP contribution in [0, 0.1) is 0 Å². The van der Waals surface area contributed by atoms with Gasteiger partial charge in [0.05, 0.1) is 0 Å². The molecule has 0 bridgehead atoms. The highest BCUT2D eigenvalue weighted by Crippen LogP contribution is 2.18. The van der Waals surface area contributed by atoms with E-state index in [2.05, 4.69) is 0 Å². The van der Waals surface area contributed by atoms with Gasteiger partial charge in [-0.05, 0) is 6.42 Å². The van der Waals surface area contributed by atoms with Gasteiger partial charge in [-0.1, -0.05) is 18.5 Å². The van der Waals surface area contributed by atoms with Gasteiger partial charge in [-0.15, -0.1) is 0 Å². The predicted octanol–water partition coefficient (Wildman–Crippen LogP) is 3.27. The summed E-state index contributed by atoms with van der Waals surface area (Å²) in [5.74, 6) is 0. The normalized spacial score (nSPS) is 13.3. The molecule has 0 radical (unpaired) electrons. The molecule has 0 nitrogen and oxygen atoms in total. The van der Waals surface area contributed by atoms with Gasteiger partial charge in [-0.3, -0.25) is 0 Å². The average molecular weight is 250 g/mol. The maximum Gasteiger partial charge on any atom is 0.616 e. The minimum absolute atomic E-state index is 0.0692. The molecule has 14 heavy (non-hydrogen) atoms. The lowest BCUT2D eigenvalue weighted by molar-refractivity contribution is 0.144. The lowest BCUT2D eigenvalue weighted by Gasteiger charge is -2.02. The van der Waals surface area contributed by atoms with E-state index >= 15 is 0 Å². The summed E-state index contributed by atoms with van der Waals surface area (Å²) in [6, 6.07) is 0.731. The van der Waals surface area contributed by atoms with E-state index in [4.69, 9.17) is 0 Å². The Bertz CT molecular complexity index is 137. The Morgan fingerprint density at radius 2 is 1.64 bits per heavy atom. The van der Waals surface area contributed by atoms with E-state index in [0.29, 0.717) is 12.5 Å². The molecule has 0 aliphatic carbocycles. The maximum atomic E-state index is 11.8. The van der Waals surface area contributed by atoms with Gasteiger partial charge in [0, 0.05) is 22.0 Å². The Hall–Kier alpha value is 0.0838. The monoisotopic (exact) mass is 250 g/mol. The summed E-state index contributed by atoms with van der Waals surface area (Å²) in [7, 11) is -5.88. The van der Waals surface area contributed by atoms with Crippen LogP contribution in [0.2, 0.25) is 18.1 Å². The second kappa shape index (κ2) is 7.39. The quantitative estimate of drug-likeness (QED) is 0.268. The third-order valence-electron chi connectivity index (χ3n) is 1.88. The Labute approximate surface area is 84.2 Å². The van der Waals surface area contributed by atoms with Crippen LogP contribution in [0.3, 0.4) is 0 Å². The summed E-state index contributed by atoms with van der Waals surface area (Å²) < 4.78 is 58.7. The summed E-state index contributed by atoms with van der Waals surface area (Å²) in [4.78, 5) is 0. The fourth-order valence-electron chi connectivity index (χ4n) is 1.15. The van der Waals surface area contributed by atoms with Crippen LogP contribution in [-0.4, -0.2) is 25.0 Å². The van der Waals surface area contributed by atoms with Crippen molar-refractivity contribution in [1.29, 1.82) is 0 Å². The highest BCUT2D eigenvalue weighted by Gasteiger charge is 2.35. The van der Waals surface area contributed by atoms with Crippen LogP contribution in [-0.2, 0) is 0 Å². The Kier molecular flexibility index (Phi) is 7.43. The van der Waals surface area contributed by atoms with Gasteiger partial charge in [0.25, 0.3) is 0 Å². The Morgan fingerprint density at radius 1 is 1.00 bits per heavy atom. The lowest BCUT2D eigenvalue weighted by Crippen LogP contribution is -2.13. The fraction of sp³-hybridized carbons (Fsp3) is 1.00. The SMILES string of the molecule is FC(F)CC[SiH2]CCCC[Si](F)(F)F. The van der Waals surface area contributed by atoms with Gasteiger partial charge in [0.1, 0.15) is 0 Å². The van der Waals surface area contributed by atoms with Crippen molar-refractivity contribution in [2.24, 2.45) is 0 Å². The molecule has 0 fully saturated rings. The van der Waals surface area contributed by atoms with Crippen molar-refractivity contribution in [3.05, 3.63) is 0 Å². The first-order valence-corrected chi connectivity index (χ1v) is 8.61. The van der Waals surface area contributed by atoms with E-state index in [0.717, 1.165) is 6.04 Å². The first-order valence-electron chi connectivity index (χ1n) is 4.77. The minimum atomic E-state index is -5.35. The Morgan fingerprint density at radius 3 is 2.14 bits per heavy atom. The molecular weight excluding hydrogens is 235 g/mol. The molecule has 0 heterocycles. The summed E-state index contributed by atoms with van der Waals surface area (Å²) in [5, 5.41) is 0. The summed E-state index contributed by atoms with van der Waals surface area (Å²) in [6.07, 6.45) is -1.54. The van der Waals surface area contributed by atoms with Crippen LogP contribution >= 0.6 is 0 Å². The number of halogens is 5. The maximum absolute atomic E-state index is 11.8. The molecule has 0 aliphatic heterocycles. The van der Waals surface area contributed by atoms with Crippen LogP contribution in [0.4, 0.5) is 21.1 Å². The molecule has 0 aromatic heterocycles. The summed E-state index contributed by atoms with van der Waals surface area (Å²) >= 11 is 0. The highest BCUT2D eigenvalue weighted by atomic mass is 28.5. The molecule has 7 heteroatoms. The van der Waals surface area contributed by atoms with Crippen molar-refractivity contribution >= 4 is 18.6 Å². The van der Waals surface area contributed by atoms with Crippen molar-refractivity contribution in [3.63, 3.8) is 0 Å². The topological polar surface area (TPSA) is 0 Å². The van der Waals surface area contributed by atoms with Crippen molar-refractivity contribution < 1.29 is 21.1 Å². The third-order valence-corrected chi connectivity index (χ3v) is 4.71. The summed E-state index contributed by atoms with van der Waals surface area (Å²) in [5.41, 5.74) is 0. The average Bonchev–Trinajstić information content (AvgIpc) is 2.00. The first-order chi connectivity index (χ1) is 6.42. The molecule has 0 unspecified atom stereocenters. The molecule has 0 aromatic carbocycles. The Balaban J connectivity index is 3.07. The molecule has 0 aromatic rings.